The smallest absolute Gasteiger partial charge is 0.107 e. The summed E-state index contributed by atoms with van der Waals surface area (Å²) in [4.78, 5) is 9.82. The Labute approximate surface area is 105 Å². The van der Waals surface area contributed by atoms with Gasteiger partial charge in [0.2, 0.25) is 0 Å². The van der Waals surface area contributed by atoms with Gasteiger partial charge >= 0.3 is 0 Å². The molecule has 0 atom stereocenters. The van der Waals surface area contributed by atoms with Crippen molar-refractivity contribution in [3.8, 4) is 10.4 Å². The summed E-state index contributed by atoms with van der Waals surface area (Å²) in [6.07, 6.45) is 8.35. The second kappa shape index (κ2) is 4.55. The number of aryl methyl sites for hydroxylation is 1. The molecular weight excluding hydrogens is 230 g/mol. The maximum Gasteiger partial charge on any atom is 0.107 e. The largest absolute Gasteiger partial charge is 0.308 e. The van der Waals surface area contributed by atoms with Crippen molar-refractivity contribution in [2.45, 2.75) is 32.4 Å². The zero-order valence-electron chi connectivity index (χ0n) is 9.81. The summed E-state index contributed by atoms with van der Waals surface area (Å²) >= 11 is 1.77. The Kier molecular flexibility index (Phi) is 2.91. The molecule has 0 radical (unpaired) electrons. The van der Waals surface area contributed by atoms with Crippen molar-refractivity contribution < 1.29 is 0 Å². The lowest BCUT2D eigenvalue weighted by atomic mass is 10.1. The minimum Gasteiger partial charge on any atom is -0.308 e. The van der Waals surface area contributed by atoms with E-state index in [9.17, 15) is 0 Å². The van der Waals surface area contributed by atoms with Crippen LogP contribution >= 0.6 is 11.3 Å². The number of pyridine rings is 1. The van der Waals surface area contributed by atoms with E-state index in [0.717, 1.165) is 12.6 Å². The number of aromatic nitrogens is 2. The van der Waals surface area contributed by atoms with Gasteiger partial charge in [-0.3, -0.25) is 4.98 Å². The molecule has 4 heteroatoms. The molecule has 1 aliphatic rings. The van der Waals surface area contributed by atoms with E-state index < -0.39 is 0 Å². The quantitative estimate of drug-likeness (QED) is 0.900. The Morgan fingerprint density at radius 2 is 2.29 bits per heavy atom. The Bertz CT molecular complexity index is 517. The molecule has 17 heavy (non-hydrogen) atoms. The molecule has 1 N–H and O–H groups in total. The first-order valence-corrected chi connectivity index (χ1v) is 6.73. The Balaban J connectivity index is 1.77. The first kappa shape index (κ1) is 10.9. The first-order valence-electron chi connectivity index (χ1n) is 5.92. The topological polar surface area (TPSA) is 37.8 Å². The van der Waals surface area contributed by atoms with E-state index in [2.05, 4.69) is 28.3 Å². The fraction of sp³-hybridized carbons (Fsp3) is 0.385. The normalized spacial score (nSPS) is 15.1. The summed E-state index contributed by atoms with van der Waals surface area (Å²) in [5.74, 6) is 0. The Morgan fingerprint density at radius 1 is 1.41 bits per heavy atom. The predicted molar refractivity (Wildman–Crippen MR) is 69.9 cm³/mol. The van der Waals surface area contributed by atoms with Crippen molar-refractivity contribution >= 4 is 11.3 Å². The van der Waals surface area contributed by atoms with Crippen molar-refractivity contribution in [3.63, 3.8) is 0 Å². The zero-order valence-corrected chi connectivity index (χ0v) is 10.6. The average Bonchev–Trinajstić information content (AvgIpc) is 3.06. The minimum atomic E-state index is 0.741. The fourth-order valence-corrected chi connectivity index (χ4v) is 2.74. The monoisotopic (exact) mass is 245 g/mol. The predicted octanol–water partition coefficient (Wildman–Crippen LogP) is 2.77. The van der Waals surface area contributed by atoms with E-state index in [1.807, 2.05) is 18.6 Å². The SMILES string of the molecule is Cc1cnccc1-c1cnc(CNC2CC2)s1. The molecule has 0 aromatic carbocycles. The second-order valence-corrected chi connectivity index (χ2v) is 5.58. The maximum absolute atomic E-state index is 4.47. The molecule has 0 aliphatic heterocycles. The standard InChI is InChI=1S/C13H15N3S/c1-9-6-14-5-4-11(9)12-7-16-13(17-12)8-15-10-2-3-10/h4-7,10,15H,2-3,8H2,1H3. The number of hydrogen-bond donors (Lipinski definition) is 1. The van der Waals surface area contributed by atoms with Gasteiger partial charge in [0.05, 0.1) is 4.88 Å². The molecule has 2 aromatic rings. The molecule has 0 unspecified atom stereocenters. The lowest BCUT2D eigenvalue weighted by Gasteiger charge is -2.00. The average molecular weight is 245 g/mol. The molecule has 3 rings (SSSR count). The van der Waals surface area contributed by atoms with Crippen LogP contribution in [0.25, 0.3) is 10.4 Å². The molecule has 2 heterocycles. The second-order valence-electron chi connectivity index (χ2n) is 4.46. The summed E-state index contributed by atoms with van der Waals surface area (Å²) in [5.41, 5.74) is 2.45. The van der Waals surface area contributed by atoms with Crippen LogP contribution in [0.5, 0.6) is 0 Å². The molecule has 3 nitrogen and oxygen atoms in total. The maximum atomic E-state index is 4.47. The molecule has 0 amide bonds. The number of nitrogens with one attached hydrogen (secondary N) is 1. The van der Waals surface area contributed by atoms with Crippen LogP contribution < -0.4 is 5.32 Å². The van der Waals surface area contributed by atoms with E-state index in [-0.39, 0.29) is 0 Å². The van der Waals surface area contributed by atoms with Crippen molar-refractivity contribution in [1.82, 2.24) is 15.3 Å². The van der Waals surface area contributed by atoms with Gasteiger partial charge < -0.3 is 5.32 Å². The van der Waals surface area contributed by atoms with E-state index in [1.165, 1.54) is 33.9 Å². The third-order valence-corrected chi connectivity index (χ3v) is 3.99. The summed E-state index contributed by atoms with van der Waals surface area (Å²) in [7, 11) is 0. The summed E-state index contributed by atoms with van der Waals surface area (Å²) in [5, 5.41) is 4.66. The van der Waals surface area contributed by atoms with Gasteiger partial charge in [-0.05, 0) is 37.0 Å². The van der Waals surface area contributed by atoms with Gasteiger partial charge in [0.25, 0.3) is 0 Å². The van der Waals surface area contributed by atoms with Crippen LogP contribution in [-0.4, -0.2) is 16.0 Å². The van der Waals surface area contributed by atoms with Crippen molar-refractivity contribution in [2.24, 2.45) is 0 Å². The molecule has 1 aliphatic carbocycles. The minimum absolute atomic E-state index is 0.741. The zero-order chi connectivity index (χ0) is 11.7. The van der Waals surface area contributed by atoms with Crippen molar-refractivity contribution in [3.05, 3.63) is 35.2 Å². The molecule has 0 spiro atoms. The van der Waals surface area contributed by atoms with Crippen LogP contribution in [-0.2, 0) is 6.54 Å². The van der Waals surface area contributed by atoms with Gasteiger partial charge in [-0.1, -0.05) is 0 Å². The number of nitrogens with zero attached hydrogens (tertiary/aromatic N) is 2. The van der Waals surface area contributed by atoms with Gasteiger partial charge in [0, 0.05) is 31.2 Å². The van der Waals surface area contributed by atoms with Crippen LogP contribution in [0.2, 0.25) is 0 Å². The highest BCUT2D eigenvalue weighted by atomic mass is 32.1. The highest BCUT2D eigenvalue weighted by Crippen LogP contribution is 2.28. The molecular formula is C13H15N3S. The van der Waals surface area contributed by atoms with Crippen LogP contribution in [0.4, 0.5) is 0 Å². The highest BCUT2D eigenvalue weighted by molar-refractivity contribution is 7.15. The lowest BCUT2D eigenvalue weighted by Crippen LogP contribution is -2.14. The summed E-state index contributed by atoms with van der Waals surface area (Å²) < 4.78 is 0. The molecule has 1 fully saturated rings. The fourth-order valence-electron chi connectivity index (χ4n) is 1.79. The third-order valence-electron chi connectivity index (χ3n) is 2.96. The van der Waals surface area contributed by atoms with E-state index >= 15 is 0 Å². The van der Waals surface area contributed by atoms with Crippen LogP contribution in [0.3, 0.4) is 0 Å². The first-order chi connectivity index (χ1) is 8.33. The third kappa shape index (κ3) is 2.53. The molecule has 1 saturated carbocycles. The number of hydrogen-bond acceptors (Lipinski definition) is 4. The van der Waals surface area contributed by atoms with Crippen molar-refractivity contribution in [1.29, 1.82) is 0 Å². The summed E-state index contributed by atoms with van der Waals surface area (Å²) in [6.45, 7) is 2.99. The summed E-state index contributed by atoms with van der Waals surface area (Å²) in [6, 6.07) is 2.80. The van der Waals surface area contributed by atoms with Gasteiger partial charge in [-0.25, -0.2) is 4.98 Å². The van der Waals surface area contributed by atoms with E-state index in [1.54, 1.807) is 11.3 Å². The number of rotatable bonds is 4. The van der Waals surface area contributed by atoms with Gasteiger partial charge in [0.15, 0.2) is 0 Å². The Hall–Kier alpha value is -1.26. The van der Waals surface area contributed by atoms with Gasteiger partial charge in [-0.15, -0.1) is 11.3 Å². The molecule has 0 bridgehead atoms. The van der Waals surface area contributed by atoms with Gasteiger partial charge in [-0.2, -0.15) is 0 Å². The van der Waals surface area contributed by atoms with Crippen LogP contribution in [0, 0.1) is 6.92 Å². The molecule has 0 saturated heterocycles. The number of thiazole rings is 1. The molecule has 2 aromatic heterocycles. The Morgan fingerprint density at radius 3 is 3.06 bits per heavy atom. The van der Waals surface area contributed by atoms with Crippen LogP contribution in [0.15, 0.2) is 24.7 Å². The van der Waals surface area contributed by atoms with Gasteiger partial charge in [0.1, 0.15) is 5.01 Å². The lowest BCUT2D eigenvalue weighted by molar-refractivity contribution is 0.684. The van der Waals surface area contributed by atoms with Crippen LogP contribution in [0.1, 0.15) is 23.4 Å². The van der Waals surface area contributed by atoms with E-state index in [0.29, 0.717) is 0 Å². The highest BCUT2D eigenvalue weighted by Gasteiger charge is 2.20. The van der Waals surface area contributed by atoms with Crippen molar-refractivity contribution in [2.75, 3.05) is 0 Å². The van der Waals surface area contributed by atoms with E-state index in [4.69, 9.17) is 0 Å². The molecule has 88 valence electrons.